The van der Waals surface area contributed by atoms with Crippen LogP contribution >= 0.6 is 11.3 Å². The molecule has 1 atom stereocenters. The van der Waals surface area contributed by atoms with Crippen LogP contribution in [0.25, 0.3) is 0 Å². The summed E-state index contributed by atoms with van der Waals surface area (Å²) in [5, 5.41) is 6.32. The van der Waals surface area contributed by atoms with Crippen LogP contribution in [0.4, 0.5) is 0 Å². The van der Waals surface area contributed by atoms with Gasteiger partial charge in [0.25, 0.3) is 0 Å². The smallest absolute Gasteiger partial charge is 0.237 e. The standard InChI is InChI=1S/C18H24N4OS/c1-3-8-22(13-16-6-5-10-24-16)18(23)14-21-9-4-7-17(21)15-11-19-20(2)12-15/h3,5-6,10-12,17H,1,4,7-9,13-14H2,2H3/t17-/m0/s1. The van der Waals surface area contributed by atoms with E-state index in [4.69, 9.17) is 0 Å². The van der Waals surface area contributed by atoms with Gasteiger partial charge >= 0.3 is 0 Å². The zero-order valence-corrected chi connectivity index (χ0v) is 14.9. The summed E-state index contributed by atoms with van der Waals surface area (Å²) in [7, 11) is 1.93. The molecule has 6 heteroatoms. The van der Waals surface area contributed by atoms with Crippen molar-refractivity contribution in [3.8, 4) is 0 Å². The highest BCUT2D eigenvalue weighted by Crippen LogP contribution is 2.31. The zero-order chi connectivity index (χ0) is 16.9. The summed E-state index contributed by atoms with van der Waals surface area (Å²) in [5.41, 5.74) is 1.20. The number of carbonyl (C=O) groups excluding carboxylic acids is 1. The lowest BCUT2D eigenvalue weighted by Gasteiger charge is -2.27. The lowest BCUT2D eigenvalue weighted by Crippen LogP contribution is -2.39. The fourth-order valence-corrected chi connectivity index (χ4v) is 4.00. The van der Waals surface area contributed by atoms with E-state index in [0.29, 0.717) is 25.7 Å². The Bertz CT molecular complexity index is 679. The normalized spacial score (nSPS) is 18.0. The molecule has 2 aromatic heterocycles. The van der Waals surface area contributed by atoms with Gasteiger partial charge in [0.2, 0.25) is 5.91 Å². The second kappa shape index (κ2) is 7.77. The van der Waals surface area contributed by atoms with Crippen LogP contribution in [0.1, 0.15) is 29.3 Å². The average molecular weight is 344 g/mol. The first-order valence-corrected chi connectivity index (χ1v) is 9.19. The molecule has 24 heavy (non-hydrogen) atoms. The largest absolute Gasteiger partial charge is 0.333 e. The highest BCUT2D eigenvalue weighted by Gasteiger charge is 2.29. The fourth-order valence-electron chi connectivity index (χ4n) is 3.28. The van der Waals surface area contributed by atoms with E-state index in [-0.39, 0.29) is 5.91 Å². The molecule has 0 bridgehead atoms. The molecular formula is C18H24N4OS. The number of aromatic nitrogens is 2. The van der Waals surface area contributed by atoms with E-state index in [1.165, 1.54) is 10.4 Å². The third-order valence-electron chi connectivity index (χ3n) is 4.44. The lowest BCUT2D eigenvalue weighted by molar-refractivity contribution is -0.132. The molecule has 5 nitrogen and oxygen atoms in total. The predicted octanol–water partition coefficient (Wildman–Crippen LogP) is 2.83. The molecule has 0 radical (unpaired) electrons. The summed E-state index contributed by atoms with van der Waals surface area (Å²) < 4.78 is 1.83. The van der Waals surface area contributed by atoms with Gasteiger partial charge in [0, 0.05) is 36.3 Å². The van der Waals surface area contributed by atoms with Crippen LogP contribution in [0.15, 0.2) is 42.6 Å². The Morgan fingerprint density at radius 1 is 1.58 bits per heavy atom. The highest BCUT2D eigenvalue weighted by atomic mass is 32.1. The molecule has 128 valence electrons. The quantitative estimate of drug-likeness (QED) is 0.725. The van der Waals surface area contributed by atoms with E-state index in [0.717, 1.165) is 19.4 Å². The van der Waals surface area contributed by atoms with Crippen LogP contribution < -0.4 is 0 Å². The molecule has 3 rings (SSSR count). The Labute approximate surface area is 147 Å². The maximum atomic E-state index is 12.8. The summed E-state index contributed by atoms with van der Waals surface area (Å²) in [6.07, 6.45) is 7.99. The van der Waals surface area contributed by atoms with Crippen molar-refractivity contribution in [2.45, 2.75) is 25.4 Å². The molecule has 0 unspecified atom stereocenters. The van der Waals surface area contributed by atoms with Gasteiger partial charge in [0.15, 0.2) is 0 Å². The first-order valence-electron chi connectivity index (χ1n) is 8.31. The van der Waals surface area contributed by atoms with Crippen molar-refractivity contribution in [1.82, 2.24) is 19.6 Å². The van der Waals surface area contributed by atoms with Crippen LogP contribution in [0.2, 0.25) is 0 Å². The van der Waals surface area contributed by atoms with Crippen LogP contribution in [0, 0.1) is 0 Å². The Morgan fingerprint density at radius 2 is 2.46 bits per heavy atom. The Hall–Kier alpha value is -1.92. The van der Waals surface area contributed by atoms with Crippen LogP contribution in [-0.2, 0) is 18.4 Å². The van der Waals surface area contributed by atoms with E-state index < -0.39 is 0 Å². The SMILES string of the molecule is C=CCN(Cc1cccs1)C(=O)CN1CCC[C@H]1c1cnn(C)c1. The van der Waals surface area contributed by atoms with Crippen molar-refractivity contribution in [2.24, 2.45) is 7.05 Å². The van der Waals surface area contributed by atoms with Crippen LogP contribution in [0.5, 0.6) is 0 Å². The number of rotatable bonds is 7. The first kappa shape index (κ1) is 16.9. The summed E-state index contributed by atoms with van der Waals surface area (Å²) in [6, 6.07) is 4.40. The number of amides is 1. The number of thiophene rings is 1. The summed E-state index contributed by atoms with van der Waals surface area (Å²) in [5.74, 6) is 0.166. The number of carbonyl (C=O) groups is 1. The molecule has 0 saturated carbocycles. The molecule has 2 aromatic rings. The molecule has 1 amide bonds. The minimum atomic E-state index is 0.166. The van der Waals surface area contributed by atoms with Crippen molar-refractivity contribution in [2.75, 3.05) is 19.6 Å². The van der Waals surface area contributed by atoms with Crippen molar-refractivity contribution < 1.29 is 4.79 Å². The van der Waals surface area contributed by atoms with E-state index in [1.807, 2.05) is 34.3 Å². The van der Waals surface area contributed by atoms with E-state index >= 15 is 0 Å². The van der Waals surface area contributed by atoms with E-state index in [9.17, 15) is 4.79 Å². The minimum absolute atomic E-state index is 0.166. The molecular weight excluding hydrogens is 320 g/mol. The number of aryl methyl sites for hydroxylation is 1. The van der Waals surface area contributed by atoms with Crippen molar-refractivity contribution in [3.63, 3.8) is 0 Å². The van der Waals surface area contributed by atoms with Crippen molar-refractivity contribution >= 4 is 17.2 Å². The monoisotopic (exact) mass is 344 g/mol. The third kappa shape index (κ3) is 3.94. The molecule has 0 aliphatic carbocycles. The van der Waals surface area contributed by atoms with Gasteiger partial charge in [0.1, 0.15) is 0 Å². The number of hydrogen-bond acceptors (Lipinski definition) is 4. The second-order valence-electron chi connectivity index (χ2n) is 6.22. The molecule has 0 aromatic carbocycles. The first-order chi connectivity index (χ1) is 11.7. The third-order valence-corrected chi connectivity index (χ3v) is 5.30. The number of likely N-dealkylation sites (tertiary alicyclic amines) is 1. The minimum Gasteiger partial charge on any atom is -0.333 e. The van der Waals surface area contributed by atoms with Gasteiger partial charge in [-0.25, -0.2) is 0 Å². The molecule has 1 fully saturated rings. The molecule has 1 aliphatic heterocycles. The molecule has 1 saturated heterocycles. The number of nitrogens with zero attached hydrogens (tertiary/aromatic N) is 4. The van der Waals surface area contributed by atoms with Gasteiger partial charge in [-0.3, -0.25) is 14.4 Å². The Balaban J connectivity index is 1.65. The van der Waals surface area contributed by atoms with Gasteiger partial charge in [-0.1, -0.05) is 12.1 Å². The van der Waals surface area contributed by atoms with Gasteiger partial charge in [-0.05, 0) is 30.8 Å². The average Bonchev–Trinajstić information content (AvgIpc) is 3.28. The Kier molecular flexibility index (Phi) is 5.48. The lowest BCUT2D eigenvalue weighted by atomic mass is 10.1. The van der Waals surface area contributed by atoms with Gasteiger partial charge < -0.3 is 4.90 Å². The van der Waals surface area contributed by atoms with Gasteiger partial charge in [-0.15, -0.1) is 17.9 Å². The maximum absolute atomic E-state index is 12.8. The summed E-state index contributed by atoms with van der Waals surface area (Å²) in [6.45, 7) is 6.46. The highest BCUT2D eigenvalue weighted by molar-refractivity contribution is 7.09. The topological polar surface area (TPSA) is 41.4 Å². The molecule has 1 aliphatic rings. The maximum Gasteiger partial charge on any atom is 0.237 e. The second-order valence-corrected chi connectivity index (χ2v) is 7.25. The zero-order valence-electron chi connectivity index (χ0n) is 14.1. The Morgan fingerprint density at radius 3 is 3.12 bits per heavy atom. The van der Waals surface area contributed by atoms with Gasteiger partial charge in [-0.2, -0.15) is 5.10 Å². The fraction of sp³-hybridized carbons (Fsp3) is 0.444. The molecule has 0 N–H and O–H groups in total. The van der Waals surface area contributed by atoms with Crippen molar-refractivity contribution in [1.29, 1.82) is 0 Å². The molecule has 0 spiro atoms. The van der Waals surface area contributed by atoms with Crippen molar-refractivity contribution in [3.05, 3.63) is 53.0 Å². The van der Waals surface area contributed by atoms with Gasteiger partial charge in [0.05, 0.1) is 19.3 Å². The molecule has 3 heterocycles. The van der Waals surface area contributed by atoms with Crippen LogP contribution in [0.3, 0.4) is 0 Å². The summed E-state index contributed by atoms with van der Waals surface area (Å²) >= 11 is 1.68. The number of hydrogen-bond donors (Lipinski definition) is 0. The van der Waals surface area contributed by atoms with Crippen LogP contribution in [-0.4, -0.2) is 45.1 Å². The summed E-state index contributed by atoms with van der Waals surface area (Å²) in [4.78, 5) is 18.2. The van der Waals surface area contributed by atoms with E-state index in [1.54, 1.807) is 17.4 Å². The van der Waals surface area contributed by atoms with E-state index in [2.05, 4.69) is 28.8 Å². The predicted molar refractivity (Wildman–Crippen MR) is 96.7 cm³/mol.